The second kappa shape index (κ2) is 13.3. The van der Waals surface area contributed by atoms with Gasteiger partial charge in [0.05, 0.1) is 16.9 Å². The average molecular weight is 745 g/mol. The summed E-state index contributed by atoms with van der Waals surface area (Å²) in [7, 11) is -4.64. The summed E-state index contributed by atoms with van der Waals surface area (Å²) >= 11 is 0. The molecule has 1 aliphatic heterocycles. The summed E-state index contributed by atoms with van der Waals surface area (Å²) in [6.07, 6.45) is -9.89. The van der Waals surface area contributed by atoms with Crippen molar-refractivity contribution in [1.29, 1.82) is 0 Å². The van der Waals surface area contributed by atoms with E-state index < -0.39 is 90.5 Å². The number of alkyl halides is 6. The SMILES string of the molecule is CC(C)(C(=O)N1CC[C@](c2ccc(C(OCc3c(F)cccc3F)(C(F)(F)F)C(F)(F)F)cc2)(S(=O)(=O)c2ccc(F)cc2)C1)c1ccncc1. The third kappa shape index (κ3) is 6.47. The zero-order chi connectivity index (χ0) is 37.6. The van der Waals surface area contributed by atoms with Crippen LogP contribution in [-0.4, -0.2) is 49.7 Å². The highest BCUT2D eigenvalue weighted by Crippen LogP contribution is 2.54. The standard InChI is InChI=1S/C35H29F9N2O4S/c1-31(2,22-14-17-45-18-15-22)30(47)46-19-16-32(21-46,51(48,49)26-12-10-25(36)11-13-26)23-6-8-24(9-7-23)33(34(39,40)41,35(42,43)44)50-20-27-28(37)4-3-5-29(27)38/h3-15,17-18H,16,19-21H2,1-2H3/t32-/m0/s1. The summed E-state index contributed by atoms with van der Waals surface area (Å²) in [6.45, 7) is 0.671. The van der Waals surface area contributed by atoms with Gasteiger partial charge >= 0.3 is 12.4 Å². The first-order valence-corrected chi connectivity index (χ1v) is 16.7. The van der Waals surface area contributed by atoms with E-state index in [4.69, 9.17) is 0 Å². The van der Waals surface area contributed by atoms with Gasteiger partial charge in [0.25, 0.3) is 5.60 Å². The molecular weight excluding hydrogens is 715 g/mol. The number of halogens is 9. The zero-order valence-electron chi connectivity index (χ0n) is 26.8. The van der Waals surface area contributed by atoms with Crippen LogP contribution in [0.1, 0.15) is 42.5 Å². The van der Waals surface area contributed by atoms with Crippen molar-refractivity contribution in [2.24, 2.45) is 0 Å². The predicted octanol–water partition coefficient (Wildman–Crippen LogP) is 7.91. The molecule has 0 unspecified atom stereocenters. The van der Waals surface area contributed by atoms with Crippen LogP contribution in [0.15, 0.2) is 96.2 Å². The van der Waals surface area contributed by atoms with Gasteiger partial charge in [-0.25, -0.2) is 21.6 Å². The Morgan fingerprint density at radius 2 is 1.35 bits per heavy atom. The van der Waals surface area contributed by atoms with Gasteiger partial charge in [-0.3, -0.25) is 9.78 Å². The molecular formula is C35H29F9N2O4S. The van der Waals surface area contributed by atoms with E-state index in [0.717, 1.165) is 42.5 Å². The second-order valence-corrected chi connectivity index (χ2v) is 14.8. The maximum absolute atomic E-state index is 14.6. The van der Waals surface area contributed by atoms with Crippen molar-refractivity contribution in [3.05, 3.63) is 131 Å². The van der Waals surface area contributed by atoms with E-state index in [1.807, 2.05) is 0 Å². The molecule has 0 N–H and O–H groups in total. The molecule has 5 rings (SSSR count). The van der Waals surface area contributed by atoms with Gasteiger partial charge in [0, 0.05) is 36.6 Å². The largest absolute Gasteiger partial charge is 0.430 e. The Labute approximate surface area is 286 Å². The first-order valence-electron chi connectivity index (χ1n) is 15.2. The van der Waals surface area contributed by atoms with Crippen molar-refractivity contribution in [2.75, 3.05) is 13.1 Å². The van der Waals surface area contributed by atoms with Crippen LogP contribution >= 0.6 is 0 Å². The summed E-state index contributed by atoms with van der Waals surface area (Å²) in [4.78, 5) is 18.6. The van der Waals surface area contributed by atoms with Crippen molar-refractivity contribution in [3.63, 3.8) is 0 Å². The minimum absolute atomic E-state index is 0.179. The monoisotopic (exact) mass is 744 g/mol. The molecule has 3 aromatic carbocycles. The second-order valence-electron chi connectivity index (χ2n) is 12.5. The molecule has 272 valence electrons. The number of hydrogen-bond donors (Lipinski definition) is 0. The lowest BCUT2D eigenvalue weighted by molar-refractivity contribution is -0.392. The summed E-state index contributed by atoms with van der Waals surface area (Å²) in [5.41, 5.74) is -8.79. The van der Waals surface area contributed by atoms with Crippen LogP contribution in [0.5, 0.6) is 0 Å². The Kier molecular flexibility index (Phi) is 9.84. The molecule has 1 aliphatic rings. The van der Waals surface area contributed by atoms with Crippen LogP contribution in [0, 0.1) is 17.5 Å². The van der Waals surface area contributed by atoms with Crippen molar-refractivity contribution >= 4 is 15.7 Å². The Morgan fingerprint density at radius 1 is 0.804 bits per heavy atom. The van der Waals surface area contributed by atoms with Crippen LogP contribution in [-0.2, 0) is 41.7 Å². The highest BCUT2D eigenvalue weighted by Gasteiger charge is 2.73. The lowest BCUT2D eigenvalue weighted by Gasteiger charge is -2.38. The predicted molar refractivity (Wildman–Crippen MR) is 165 cm³/mol. The summed E-state index contributed by atoms with van der Waals surface area (Å²) in [5, 5.41) is 0. The lowest BCUT2D eigenvalue weighted by Crippen LogP contribution is -2.56. The summed E-state index contributed by atoms with van der Waals surface area (Å²) in [5.74, 6) is -4.18. The lowest BCUT2D eigenvalue weighted by atomic mass is 9.83. The molecule has 6 nitrogen and oxygen atoms in total. The maximum Gasteiger partial charge on any atom is 0.430 e. The van der Waals surface area contributed by atoms with Gasteiger partial charge in [0.15, 0.2) is 9.84 Å². The Hall–Kier alpha value is -4.44. The quantitative estimate of drug-likeness (QED) is 0.129. The smallest absolute Gasteiger partial charge is 0.349 e. The van der Waals surface area contributed by atoms with E-state index in [9.17, 15) is 52.7 Å². The minimum Gasteiger partial charge on any atom is -0.349 e. The maximum atomic E-state index is 14.6. The van der Waals surface area contributed by atoms with Crippen LogP contribution in [0.4, 0.5) is 39.5 Å². The van der Waals surface area contributed by atoms with Crippen LogP contribution in [0.25, 0.3) is 0 Å². The summed E-state index contributed by atoms with van der Waals surface area (Å²) in [6, 6.07) is 11.2. The van der Waals surface area contributed by atoms with E-state index >= 15 is 0 Å². The number of hydrogen-bond acceptors (Lipinski definition) is 5. The number of benzene rings is 3. The molecule has 0 bridgehead atoms. The third-order valence-corrected chi connectivity index (χ3v) is 11.7. The van der Waals surface area contributed by atoms with Gasteiger partial charge in [-0.1, -0.05) is 30.3 Å². The third-order valence-electron chi connectivity index (χ3n) is 9.20. The number of carbonyl (C=O) groups excluding carboxylic acids is 1. The number of sulfone groups is 1. The molecule has 4 aromatic rings. The number of aromatic nitrogens is 1. The molecule has 0 spiro atoms. The van der Waals surface area contributed by atoms with Crippen LogP contribution < -0.4 is 0 Å². The molecule has 1 amide bonds. The molecule has 0 saturated carbocycles. The fourth-order valence-corrected chi connectivity index (χ4v) is 8.36. The molecule has 16 heteroatoms. The zero-order valence-corrected chi connectivity index (χ0v) is 27.6. The van der Waals surface area contributed by atoms with Crippen molar-refractivity contribution in [1.82, 2.24) is 9.88 Å². The number of ether oxygens (including phenoxy) is 1. The van der Waals surface area contributed by atoms with Crippen LogP contribution in [0.3, 0.4) is 0 Å². The van der Waals surface area contributed by atoms with Crippen molar-refractivity contribution < 1.29 is 57.5 Å². The van der Waals surface area contributed by atoms with E-state index in [1.165, 1.54) is 17.3 Å². The number of amides is 1. The first-order chi connectivity index (χ1) is 23.7. The Balaban J connectivity index is 1.62. The van der Waals surface area contributed by atoms with Gasteiger partial charge in [0.2, 0.25) is 5.91 Å². The first kappa shape index (κ1) is 37.8. The molecule has 1 fully saturated rings. The number of nitrogens with zero attached hydrogens (tertiary/aromatic N) is 2. The van der Waals surface area contributed by atoms with E-state index in [0.29, 0.717) is 29.8 Å². The fourth-order valence-electron chi connectivity index (χ4n) is 6.29. The average Bonchev–Trinajstić information content (AvgIpc) is 3.53. The molecule has 1 atom stereocenters. The van der Waals surface area contributed by atoms with Gasteiger partial charge in [-0.2, -0.15) is 26.3 Å². The van der Waals surface area contributed by atoms with Gasteiger partial charge in [0.1, 0.15) is 22.2 Å². The Morgan fingerprint density at radius 3 is 1.88 bits per heavy atom. The number of likely N-dealkylation sites (tertiary alicyclic amines) is 1. The van der Waals surface area contributed by atoms with E-state index in [-0.39, 0.29) is 18.5 Å². The molecule has 0 radical (unpaired) electrons. The fraction of sp³-hybridized carbons (Fsp3) is 0.314. The number of rotatable bonds is 9. The van der Waals surface area contributed by atoms with Crippen LogP contribution in [0.2, 0.25) is 0 Å². The normalized spacial score (nSPS) is 17.5. The minimum atomic E-state index is -6.23. The van der Waals surface area contributed by atoms with Crippen molar-refractivity contribution in [2.45, 2.75) is 59.9 Å². The number of pyridine rings is 1. The molecule has 2 heterocycles. The highest BCUT2D eigenvalue weighted by atomic mass is 32.2. The van der Waals surface area contributed by atoms with Gasteiger partial charge < -0.3 is 9.64 Å². The molecule has 1 saturated heterocycles. The molecule has 51 heavy (non-hydrogen) atoms. The Bertz CT molecular complexity index is 1970. The van der Waals surface area contributed by atoms with Crippen molar-refractivity contribution in [3.8, 4) is 0 Å². The van der Waals surface area contributed by atoms with Gasteiger partial charge in [-0.05, 0) is 79.9 Å². The molecule has 1 aromatic heterocycles. The van der Waals surface area contributed by atoms with Gasteiger partial charge in [-0.15, -0.1) is 0 Å². The molecule has 0 aliphatic carbocycles. The van der Waals surface area contributed by atoms with E-state index in [1.54, 1.807) is 26.0 Å². The highest BCUT2D eigenvalue weighted by molar-refractivity contribution is 7.92. The van der Waals surface area contributed by atoms with E-state index in [2.05, 4.69) is 9.72 Å². The topological polar surface area (TPSA) is 76.6 Å². The summed E-state index contributed by atoms with van der Waals surface area (Å²) < 4.78 is 161. The number of carbonyl (C=O) groups is 1.